The Morgan fingerprint density at radius 3 is 2.47 bits per heavy atom. The van der Waals surface area contributed by atoms with Gasteiger partial charge in [-0.15, -0.1) is 0 Å². The highest BCUT2D eigenvalue weighted by Crippen LogP contribution is 2.41. The summed E-state index contributed by atoms with van der Waals surface area (Å²) in [4.78, 5) is 0. The highest BCUT2D eigenvalue weighted by atomic mass is 16.5. The van der Waals surface area contributed by atoms with Gasteiger partial charge >= 0.3 is 0 Å². The molecule has 0 radical (unpaired) electrons. The van der Waals surface area contributed by atoms with Crippen LogP contribution >= 0.6 is 0 Å². The van der Waals surface area contributed by atoms with Crippen molar-refractivity contribution in [1.82, 2.24) is 5.32 Å². The molecule has 0 aliphatic heterocycles. The van der Waals surface area contributed by atoms with E-state index in [1.807, 2.05) is 7.11 Å². The van der Waals surface area contributed by atoms with Crippen LogP contribution in [0.25, 0.3) is 0 Å². The molecule has 2 rings (SSSR count). The molecule has 100 valence electrons. The Bertz CT molecular complexity index is 215. The van der Waals surface area contributed by atoms with E-state index in [0.717, 1.165) is 12.5 Å². The van der Waals surface area contributed by atoms with Gasteiger partial charge in [0.25, 0.3) is 0 Å². The van der Waals surface area contributed by atoms with E-state index in [4.69, 9.17) is 4.74 Å². The third kappa shape index (κ3) is 3.45. The number of ether oxygens (including phenoxy) is 1. The van der Waals surface area contributed by atoms with Crippen LogP contribution in [0.5, 0.6) is 0 Å². The lowest BCUT2D eigenvalue weighted by molar-refractivity contribution is -0.0851. The number of methoxy groups -OCH3 is 1. The molecule has 2 heteroatoms. The minimum Gasteiger partial charge on any atom is -0.378 e. The highest BCUT2D eigenvalue weighted by molar-refractivity contribution is 4.94. The average molecular weight is 239 g/mol. The molecule has 0 aromatic heterocycles. The average Bonchev–Trinajstić information content (AvgIpc) is 2.23. The van der Waals surface area contributed by atoms with Crippen molar-refractivity contribution in [2.45, 2.75) is 76.4 Å². The van der Waals surface area contributed by atoms with Gasteiger partial charge in [-0.1, -0.05) is 26.2 Å². The zero-order chi connectivity index (χ0) is 12.1. The number of hydrogen-bond acceptors (Lipinski definition) is 2. The third-order valence-corrected chi connectivity index (χ3v) is 4.84. The Hall–Kier alpha value is -0.0800. The molecule has 2 aliphatic carbocycles. The Labute approximate surface area is 107 Å². The first-order valence-corrected chi connectivity index (χ1v) is 7.56. The van der Waals surface area contributed by atoms with Gasteiger partial charge in [0, 0.05) is 13.2 Å². The quantitative estimate of drug-likeness (QED) is 0.700. The van der Waals surface area contributed by atoms with Crippen LogP contribution in [0, 0.1) is 5.92 Å². The number of rotatable bonds is 8. The first-order valence-electron chi connectivity index (χ1n) is 7.56. The van der Waals surface area contributed by atoms with Gasteiger partial charge in [-0.3, -0.25) is 0 Å². The van der Waals surface area contributed by atoms with E-state index in [0.29, 0.717) is 6.04 Å². The highest BCUT2D eigenvalue weighted by Gasteiger charge is 2.39. The summed E-state index contributed by atoms with van der Waals surface area (Å²) < 4.78 is 5.78. The van der Waals surface area contributed by atoms with E-state index in [9.17, 15) is 0 Å². The van der Waals surface area contributed by atoms with Crippen molar-refractivity contribution < 1.29 is 4.74 Å². The number of hydrogen-bond donors (Lipinski definition) is 1. The molecule has 1 N–H and O–H groups in total. The van der Waals surface area contributed by atoms with Crippen molar-refractivity contribution in [3.8, 4) is 0 Å². The topological polar surface area (TPSA) is 21.3 Å². The summed E-state index contributed by atoms with van der Waals surface area (Å²) >= 11 is 0. The van der Waals surface area contributed by atoms with Crippen LogP contribution in [0.15, 0.2) is 0 Å². The Balaban J connectivity index is 1.80. The van der Waals surface area contributed by atoms with Crippen molar-refractivity contribution in [3.63, 3.8) is 0 Å². The van der Waals surface area contributed by atoms with Gasteiger partial charge in [0.05, 0.1) is 5.60 Å². The summed E-state index contributed by atoms with van der Waals surface area (Å²) in [6.07, 6.45) is 12.1. The normalized spacial score (nSPS) is 25.1. The smallest absolute Gasteiger partial charge is 0.0693 e. The third-order valence-electron chi connectivity index (χ3n) is 4.84. The molecule has 17 heavy (non-hydrogen) atoms. The van der Waals surface area contributed by atoms with E-state index >= 15 is 0 Å². The minimum atomic E-state index is 0.231. The summed E-state index contributed by atoms with van der Waals surface area (Å²) in [7, 11) is 1.90. The Morgan fingerprint density at radius 1 is 1.29 bits per heavy atom. The lowest BCUT2D eigenvalue weighted by atomic mass is 9.72. The SMILES string of the molecule is CCCNC(CC1CCC1)CC1(OC)CCC1. The van der Waals surface area contributed by atoms with Crippen LogP contribution < -0.4 is 5.32 Å². The van der Waals surface area contributed by atoms with Crippen molar-refractivity contribution in [2.24, 2.45) is 5.92 Å². The van der Waals surface area contributed by atoms with Crippen LogP contribution in [-0.4, -0.2) is 25.3 Å². The molecule has 0 bridgehead atoms. The van der Waals surface area contributed by atoms with Gasteiger partial charge in [-0.05, 0) is 51.0 Å². The summed E-state index contributed by atoms with van der Waals surface area (Å²) in [5, 5.41) is 3.75. The Kier molecular flexibility index (Phi) is 4.87. The fourth-order valence-electron chi connectivity index (χ4n) is 3.23. The predicted octanol–water partition coefficient (Wildman–Crippen LogP) is 3.50. The molecular formula is C15H29NO. The molecule has 2 saturated carbocycles. The molecule has 1 unspecified atom stereocenters. The largest absolute Gasteiger partial charge is 0.378 e. The van der Waals surface area contributed by atoms with Crippen molar-refractivity contribution in [1.29, 1.82) is 0 Å². The summed E-state index contributed by atoms with van der Waals surface area (Å²) in [6.45, 7) is 3.42. The fourth-order valence-corrected chi connectivity index (χ4v) is 3.23. The fraction of sp³-hybridized carbons (Fsp3) is 1.00. The van der Waals surface area contributed by atoms with Gasteiger partial charge in [0.2, 0.25) is 0 Å². The standard InChI is InChI=1S/C15H29NO/c1-3-10-16-14(11-13-6-4-7-13)12-15(17-2)8-5-9-15/h13-14,16H,3-12H2,1-2H3. The first-order chi connectivity index (χ1) is 8.28. The second-order valence-corrected chi connectivity index (χ2v) is 6.13. The van der Waals surface area contributed by atoms with E-state index in [1.54, 1.807) is 0 Å². The maximum Gasteiger partial charge on any atom is 0.0693 e. The van der Waals surface area contributed by atoms with Crippen LogP contribution in [-0.2, 0) is 4.74 Å². The van der Waals surface area contributed by atoms with E-state index in [2.05, 4.69) is 12.2 Å². The summed E-state index contributed by atoms with van der Waals surface area (Å²) in [6, 6.07) is 0.695. The van der Waals surface area contributed by atoms with E-state index < -0.39 is 0 Å². The number of nitrogens with one attached hydrogen (secondary N) is 1. The van der Waals surface area contributed by atoms with Gasteiger partial charge in [0.1, 0.15) is 0 Å². The molecule has 0 amide bonds. The summed E-state index contributed by atoms with van der Waals surface area (Å²) in [5.41, 5.74) is 0.231. The zero-order valence-corrected chi connectivity index (χ0v) is 11.6. The van der Waals surface area contributed by atoms with E-state index in [-0.39, 0.29) is 5.60 Å². The lowest BCUT2D eigenvalue weighted by Gasteiger charge is -2.44. The summed E-state index contributed by atoms with van der Waals surface area (Å²) in [5.74, 6) is 0.998. The van der Waals surface area contributed by atoms with Crippen LogP contribution in [0.4, 0.5) is 0 Å². The molecule has 1 atom stereocenters. The van der Waals surface area contributed by atoms with Crippen molar-refractivity contribution in [3.05, 3.63) is 0 Å². The molecule has 0 aromatic carbocycles. The van der Waals surface area contributed by atoms with Crippen LogP contribution in [0.3, 0.4) is 0 Å². The van der Waals surface area contributed by atoms with Crippen molar-refractivity contribution >= 4 is 0 Å². The predicted molar refractivity (Wildman–Crippen MR) is 72.2 cm³/mol. The maximum atomic E-state index is 5.78. The van der Waals surface area contributed by atoms with Crippen molar-refractivity contribution in [2.75, 3.05) is 13.7 Å². The lowest BCUT2D eigenvalue weighted by Crippen LogP contribution is -2.47. The molecule has 0 aromatic rings. The van der Waals surface area contributed by atoms with Gasteiger partial charge in [0.15, 0.2) is 0 Å². The van der Waals surface area contributed by atoms with E-state index in [1.165, 1.54) is 57.8 Å². The molecule has 0 saturated heterocycles. The zero-order valence-electron chi connectivity index (χ0n) is 11.6. The first kappa shape index (κ1) is 13.4. The molecule has 0 heterocycles. The molecule has 2 fully saturated rings. The molecule has 2 nitrogen and oxygen atoms in total. The van der Waals surface area contributed by atoms with Crippen LogP contribution in [0.1, 0.15) is 64.7 Å². The monoisotopic (exact) mass is 239 g/mol. The molecular weight excluding hydrogens is 210 g/mol. The molecule has 0 spiro atoms. The maximum absolute atomic E-state index is 5.78. The second-order valence-electron chi connectivity index (χ2n) is 6.13. The molecule has 2 aliphatic rings. The Morgan fingerprint density at radius 2 is 2.06 bits per heavy atom. The van der Waals surface area contributed by atoms with Gasteiger partial charge < -0.3 is 10.1 Å². The van der Waals surface area contributed by atoms with Gasteiger partial charge in [-0.25, -0.2) is 0 Å². The van der Waals surface area contributed by atoms with Crippen LogP contribution in [0.2, 0.25) is 0 Å². The second kappa shape index (κ2) is 6.19. The minimum absolute atomic E-state index is 0.231. The van der Waals surface area contributed by atoms with Gasteiger partial charge in [-0.2, -0.15) is 0 Å².